The van der Waals surface area contributed by atoms with Crippen molar-refractivity contribution < 1.29 is 14.9 Å². The molecule has 19 heavy (non-hydrogen) atoms. The molecular formula is C13H13IO4S. The molecular weight excluding hydrogens is 379 g/mol. The van der Waals surface area contributed by atoms with Crippen LogP contribution in [-0.2, 0) is 10.1 Å². The molecule has 0 bridgehead atoms. The number of benzene rings is 2. The summed E-state index contributed by atoms with van der Waals surface area (Å²) in [4.78, 5) is -0.115. The van der Waals surface area contributed by atoms with E-state index in [-0.39, 0.29) is 8.47 Å². The Balaban J connectivity index is 2.56. The van der Waals surface area contributed by atoms with Gasteiger partial charge in [-0.05, 0) is 0 Å². The van der Waals surface area contributed by atoms with Crippen LogP contribution in [0.3, 0.4) is 0 Å². The van der Waals surface area contributed by atoms with Crippen LogP contribution in [-0.4, -0.2) is 11.9 Å². The fraction of sp³-hybridized carbons (Fsp3) is 0.0769. The van der Waals surface area contributed by atoms with Crippen molar-refractivity contribution >= 4 is 24.5 Å². The van der Waals surface area contributed by atoms with Crippen LogP contribution in [0.25, 0.3) is 0 Å². The second kappa shape index (κ2) is 5.10. The van der Waals surface area contributed by atoms with Crippen LogP contribution >= 0.6 is 17.5 Å². The predicted molar refractivity (Wildman–Crippen MR) is 80.4 cm³/mol. The monoisotopic (exact) mass is 392 g/mol. The molecule has 2 aromatic carbocycles. The van der Waals surface area contributed by atoms with Crippen LogP contribution in [0.1, 0.15) is 5.56 Å². The van der Waals surface area contributed by atoms with Gasteiger partial charge >= 0.3 is 115 Å². The average molecular weight is 392 g/mol. The van der Waals surface area contributed by atoms with Gasteiger partial charge in [-0.25, -0.2) is 0 Å². The minimum atomic E-state index is -5.33. The molecule has 2 rings (SSSR count). The SMILES string of the molecule is Cc1ccc(S(=O)(=O)I(=O)(O)c2ccccc2)cc1. The second-order valence-electron chi connectivity index (χ2n) is 3.99. The molecule has 2 aromatic rings. The van der Waals surface area contributed by atoms with Crippen molar-refractivity contribution in [2.24, 2.45) is 0 Å². The van der Waals surface area contributed by atoms with Crippen molar-refractivity contribution in [3.8, 4) is 0 Å². The predicted octanol–water partition coefficient (Wildman–Crippen LogP) is 2.85. The van der Waals surface area contributed by atoms with Crippen molar-refractivity contribution in [2.75, 3.05) is 0 Å². The Morgan fingerprint density at radius 2 is 1.47 bits per heavy atom. The summed E-state index contributed by atoms with van der Waals surface area (Å²) in [6.45, 7) is 1.82. The average Bonchev–Trinajstić information content (AvgIpc) is 2.40. The van der Waals surface area contributed by atoms with Gasteiger partial charge in [-0.15, -0.1) is 0 Å². The molecule has 4 nitrogen and oxygen atoms in total. The van der Waals surface area contributed by atoms with E-state index < -0.39 is 24.5 Å². The minimum absolute atomic E-state index is 0.0185. The van der Waals surface area contributed by atoms with Crippen LogP contribution in [0.5, 0.6) is 0 Å². The van der Waals surface area contributed by atoms with Crippen LogP contribution in [0, 0.1) is 10.5 Å². The van der Waals surface area contributed by atoms with Crippen molar-refractivity contribution in [3.05, 3.63) is 63.7 Å². The van der Waals surface area contributed by atoms with Gasteiger partial charge in [0.05, 0.1) is 0 Å². The van der Waals surface area contributed by atoms with Gasteiger partial charge < -0.3 is 0 Å². The van der Waals surface area contributed by atoms with E-state index in [1.54, 1.807) is 30.3 Å². The van der Waals surface area contributed by atoms with E-state index in [4.69, 9.17) is 0 Å². The molecule has 0 radical (unpaired) electrons. The normalized spacial score (nSPS) is 16.5. The molecule has 0 aromatic heterocycles. The molecule has 0 spiro atoms. The van der Waals surface area contributed by atoms with Crippen molar-refractivity contribution in [2.45, 2.75) is 11.8 Å². The fourth-order valence-corrected chi connectivity index (χ4v) is 9.42. The Bertz CT molecular complexity index is 721. The molecule has 102 valence electrons. The van der Waals surface area contributed by atoms with Crippen molar-refractivity contribution in [1.82, 2.24) is 0 Å². The summed E-state index contributed by atoms with van der Waals surface area (Å²) in [7, 11) is -4.23. The summed E-state index contributed by atoms with van der Waals surface area (Å²) in [5.41, 5.74) is 0.889. The van der Waals surface area contributed by atoms with E-state index in [1.807, 2.05) is 6.92 Å². The summed E-state index contributed by atoms with van der Waals surface area (Å²) in [6, 6.07) is 13.4. The van der Waals surface area contributed by atoms with E-state index in [2.05, 4.69) is 0 Å². The molecule has 0 aliphatic rings. The number of aryl methyl sites for hydroxylation is 1. The molecule has 6 heteroatoms. The molecule has 1 N–H and O–H groups in total. The number of rotatable bonds is 3. The van der Waals surface area contributed by atoms with E-state index in [1.165, 1.54) is 24.3 Å². The Kier molecular flexibility index (Phi) is 3.84. The zero-order chi connectivity index (χ0) is 14.1. The first kappa shape index (κ1) is 14.3. The van der Waals surface area contributed by atoms with Gasteiger partial charge in [-0.2, -0.15) is 0 Å². The van der Waals surface area contributed by atoms with Gasteiger partial charge in [0.2, 0.25) is 0 Å². The van der Waals surface area contributed by atoms with E-state index in [9.17, 15) is 14.9 Å². The molecule has 0 amide bonds. The third-order valence-electron chi connectivity index (χ3n) is 2.59. The molecule has 0 saturated heterocycles. The molecule has 0 fully saturated rings. The van der Waals surface area contributed by atoms with Gasteiger partial charge in [0.25, 0.3) is 0 Å². The van der Waals surface area contributed by atoms with Gasteiger partial charge in [0.15, 0.2) is 0 Å². The molecule has 1 atom stereocenters. The number of hydrogen-bond acceptors (Lipinski definition) is 3. The number of halogens is 1. The quantitative estimate of drug-likeness (QED) is 0.644. The summed E-state index contributed by atoms with van der Waals surface area (Å²) >= 11 is -5.33. The van der Waals surface area contributed by atoms with Gasteiger partial charge in [-0.1, -0.05) is 0 Å². The van der Waals surface area contributed by atoms with E-state index in [0.717, 1.165) is 5.56 Å². The first-order chi connectivity index (χ1) is 8.85. The third-order valence-corrected chi connectivity index (χ3v) is 13.7. The molecule has 0 saturated carbocycles. The number of hydrogen-bond donors (Lipinski definition) is 1. The summed E-state index contributed by atoms with van der Waals surface area (Å²) in [5, 5.41) is 0. The Morgan fingerprint density at radius 3 is 2.00 bits per heavy atom. The maximum atomic E-state index is 12.4. The summed E-state index contributed by atoms with van der Waals surface area (Å²) in [6.07, 6.45) is 0. The Morgan fingerprint density at radius 1 is 0.947 bits per heavy atom. The van der Waals surface area contributed by atoms with Crippen molar-refractivity contribution in [1.29, 1.82) is 0 Å². The first-order valence-corrected chi connectivity index (χ1v) is 12.4. The van der Waals surface area contributed by atoms with E-state index in [0.29, 0.717) is 0 Å². The van der Waals surface area contributed by atoms with Gasteiger partial charge in [-0.3, -0.25) is 0 Å². The Labute approximate surface area is 114 Å². The van der Waals surface area contributed by atoms with Crippen LogP contribution in [0.15, 0.2) is 59.5 Å². The molecule has 0 heterocycles. The van der Waals surface area contributed by atoms with Crippen molar-refractivity contribution in [3.63, 3.8) is 0 Å². The maximum absolute atomic E-state index is 12.4. The molecule has 1 unspecified atom stereocenters. The fourth-order valence-electron chi connectivity index (χ4n) is 1.51. The third kappa shape index (κ3) is 2.60. The summed E-state index contributed by atoms with van der Waals surface area (Å²) in [5.74, 6) is 0. The first-order valence-electron chi connectivity index (χ1n) is 5.44. The standard InChI is InChI=1S/C13H13IO4S/c1-11-7-9-13(10-8-11)19(17,18)14(15,16)12-5-3-2-4-6-12/h2-10H,1H3,(H,15,16). The van der Waals surface area contributed by atoms with Crippen LogP contribution in [0.2, 0.25) is 0 Å². The van der Waals surface area contributed by atoms with Crippen LogP contribution in [0.4, 0.5) is 0 Å². The van der Waals surface area contributed by atoms with Gasteiger partial charge in [0.1, 0.15) is 0 Å². The Hall–Kier alpha value is -1.12. The van der Waals surface area contributed by atoms with Gasteiger partial charge in [0, 0.05) is 0 Å². The van der Waals surface area contributed by atoms with E-state index >= 15 is 0 Å². The topological polar surface area (TPSA) is 71.4 Å². The van der Waals surface area contributed by atoms with Crippen LogP contribution < -0.4 is 0 Å². The summed E-state index contributed by atoms with van der Waals surface area (Å²) < 4.78 is 47.0. The molecule has 0 aliphatic heterocycles. The zero-order valence-electron chi connectivity index (χ0n) is 10.2. The zero-order valence-corrected chi connectivity index (χ0v) is 13.1. The second-order valence-corrected chi connectivity index (χ2v) is 15.4. The molecule has 0 aliphatic carbocycles.